The van der Waals surface area contributed by atoms with E-state index in [9.17, 15) is 5.11 Å². The molecule has 0 aliphatic carbocycles. The molecule has 6 nitrogen and oxygen atoms in total. The van der Waals surface area contributed by atoms with E-state index < -0.39 is 6.10 Å². The highest BCUT2D eigenvalue weighted by Gasteiger charge is 2.14. The minimum absolute atomic E-state index is 0.0237. The van der Waals surface area contributed by atoms with E-state index in [0.717, 1.165) is 10.2 Å². The first-order valence-corrected chi connectivity index (χ1v) is 6.44. The van der Waals surface area contributed by atoms with Gasteiger partial charge < -0.3 is 25.7 Å². The van der Waals surface area contributed by atoms with Crippen LogP contribution in [-0.2, 0) is 4.74 Å². The molecule has 1 atom stereocenters. The molecule has 0 heterocycles. The first-order valence-electron chi connectivity index (χ1n) is 5.65. The molecule has 0 bridgehead atoms. The molecule has 4 N–H and O–H groups in total. The fourth-order valence-corrected chi connectivity index (χ4v) is 2.10. The maximum atomic E-state index is 9.75. The zero-order valence-corrected chi connectivity index (χ0v) is 12.5. The van der Waals surface area contributed by atoms with E-state index >= 15 is 0 Å². The first-order chi connectivity index (χ1) is 8.99. The zero-order valence-electron chi connectivity index (χ0n) is 10.9. The fourth-order valence-electron chi connectivity index (χ4n) is 1.75. The molecule has 0 saturated carbocycles. The Bertz CT molecular complexity index is 454. The van der Waals surface area contributed by atoms with Crippen LogP contribution in [-0.4, -0.2) is 49.6 Å². The Morgan fingerprint density at radius 2 is 2.26 bits per heavy atom. The van der Waals surface area contributed by atoms with Gasteiger partial charge in [0.05, 0.1) is 12.7 Å². The van der Waals surface area contributed by atoms with Gasteiger partial charge in [-0.05, 0) is 18.2 Å². The number of aliphatic hydroxyl groups excluding tert-OH is 1. The molecule has 0 amide bonds. The van der Waals surface area contributed by atoms with Crippen molar-refractivity contribution < 1.29 is 15.1 Å². The highest BCUT2D eigenvalue weighted by Crippen LogP contribution is 2.24. The number of likely N-dealkylation sites (N-methyl/N-ethyl adjacent to an activating group) is 1. The van der Waals surface area contributed by atoms with Gasteiger partial charge in [0.2, 0.25) is 0 Å². The van der Waals surface area contributed by atoms with Crippen molar-refractivity contribution in [2.24, 2.45) is 10.9 Å². The molecule has 0 spiro atoms. The molecule has 0 aromatic heterocycles. The van der Waals surface area contributed by atoms with Crippen LogP contribution in [0.1, 0.15) is 5.56 Å². The molecule has 1 unspecified atom stereocenters. The quantitative estimate of drug-likeness (QED) is 0.313. The third kappa shape index (κ3) is 4.38. The Morgan fingerprint density at radius 1 is 1.58 bits per heavy atom. The molecule has 0 saturated heterocycles. The lowest BCUT2D eigenvalue weighted by Gasteiger charge is -2.24. The van der Waals surface area contributed by atoms with Crippen molar-refractivity contribution in [1.29, 1.82) is 0 Å². The zero-order chi connectivity index (χ0) is 14.4. The number of anilines is 1. The SMILES string of the molecule is COCC(O)CN(C)c1cc(Br)ccc1/C(N)=N/O. The molecule has 19 heavy (non-hydrogen) atoms. The van der Waals surface area contributed by atoms with Crippen molar-refractivity contribution in [3.05, 3.63) is 28.2 Å². The monoisotopic (exact) mass is 331 g/mol. The molecule has 0 fully saturated rings. The normalized spacial score (nSPS) is 13.4. The van der Waals surface area contributed by atoms with Crippen molar-refractivity contribution in [3.63, 3.8) is 0 Å². The summed E-state index contributed by atoms with van der Waals surface area (Å²) in [5.74, 6) is 0.0237. The Labute approximate surface area is 120 Å². The van der Waals surface area contributed by atoms with Gasteiger partial charge in [-0.2, -0.15) is 0 Å². The van der Waals surface area contributed by atoms with Crippen LogP contribution < -0.4 is 10.6 Å². The number of amidine groups is 1. The Kier molecular flexibility index (Phi) is 6.07. The van der Waals surface area contributed by atoms with Gasteiger partial charge >= 0.3 is 0 Å². The number of benzene rings is 1. The number of ether oxygens (including phenoxy) is 1. The minimum atomic E-state index is -0.617. The van der Waals surface area contributed by atoms with Crippen LogP contribution in [0.5, 0.6) is 0 Å². The summed E-state index contributed by atoms with van der Waals surface area (Å²) in [6.07, 6.45) is -0.617. The number of nitrogens with zero attached hydrogens (tertiary/aromatic N) is 2. The molecule has 0 aliphatic rings. The predicted octanol–water partition coefficient (Wildman–Crippen LogP) is 0.987. The highest BCUT2D eigenvalue weighted by molar-refractivity contribution is 9.10. The van der Waals surface area contributed by atoms with Crippen LogP contribution in [0.3, 0.4) is 0 Å². The molecule has 1 rings (SSSR count). The molecule has 1 aromatic carbocycles. The fraction of sp³-hybridized carbons (Fsp3) is 0.417. The summed E-state index contributed by atoms with van der Waals surface area (Å²) in [4.78, 5) is 1.82. The first kappa shape index (κ1) is 15.7. The van der Waals surface area contributed by atoms with Crippen molar-refractivity contribution in [3.8, 4) is 0 Å². The van der Waals surface area contributed by atoms with Gasteiger partial charge in [0.25, 0.3) is 0 Å². The second-order valence-electron chi connectivity index (χ2n) is 4.14. The van der Waals surface area contributed by atoms with Gasteiger partial charge in [0.1, 0.15) is 0 Å². The van der Waals surface area contributed by atoms with E-state index in [1.165, 1.54) is 7.11 Å². The second-order valence-corrected chi connectivity index (χ2v) is 5.05. The van der Waals surface area contributed by atoms with Crippen LogP contribution >= 0.6 is 15.9 Å². The van der Waals surface area contributed by atoms with Crippen LogP contribution in [0.4, 0.5) is 5.69 Å². The number of oxime groups is 1. The third-order valence-electron chi connectivity index (χ3n) is 2.60. The van der Waals surface area contributed by atoms with Gasteiger partial charge in [-0.15, -0.1) is 0 Å². The van der Waals surface area contributed by atoms with Crippen molar-refractivity contribution >= 4 is 27.5 Å². The maximum absolute atomic E-state index is 9.75. The van der Waals surface area contributed by atoms with Gasteiger partial charge in [0.15, 0.2) is 5.84 Å². The lowest BCUT2D eigenvalue weighted by atomic mass is 10.1. The number of hydrogen-bond acceptors (Lipinski definition) is 5. The third-order valence-corrected chi connectivity index (χ3v) is 3.09. The number of halogens is 1. The smallest absolute Gasteiger partial charge is 0.172 e. The van der Waals surface area contributed by atoms with Gasteiger partial charge in [-0.3, -0.25) is 0 Å². The molecule has 0 aliphatic heterocycles. The topological polar surface area (TPSA) is 91.3 Å². The van der Waals surface area contributed by atoms with E-state index in [1.807, 2.05) is 18.0 Å². The van der Waals surface area contributed by atoms with Gasteiger partial charge in [-0.25, -0.2) is 0 Å². The van der Waals surface area contributed by atoms with Crippen LogP contribution in [0.15, 0.2) is 27.8 Å². The molecular weight excluding hydrogens is 314 g/mol. The lowest BCUT2D eigenvalue weighted by Crippen LogP contribution is -2.33. The maximum Gasteiger partial charge on any atom is 0.172 e. The number of rotatable bonds is 6. The largest absolute Gasteiger partial charge is 0.409 e. The van der Waals surface area contributed by atoms with E-state index in [2.05, 4.69) is 21.1 Å². The summed E-state index contributed by atoms with van der Waals surface area (Å²) in [6, 6.07) is 5.39. The average molecular weight is 332 g/mol. The number of nitrogens with two attached hydrogens (primary N) is 1. The predicted molar refractivity (Wildman–Crippen MR) is 77.8 cm³/mol. The molecular formula is C12H18BrN3O3. The molecule has 1 aromatic rings. The summed E-state index contributed by atoms with van der Waals surface area (Å²) in [5.41, 5.74) is 6.99. The van der Waals surface area contributed by atoms with E-state index in [4.69, 9.17) is 15.7 Å². The Balaban J connectivity index is 3.00. The summed E-state index contributed by atoms with van der Waals surface area (Å²) in [7, 11) is 3.35. The van der Waals surface area contributed by atoms with Crippen molar-refractivity contribution in [2.45, 2.75) is 6.10 Å². The van der Waals surface area contributed by atoms with Crippen molar-refractivity contribution in [1.82, 2.24) is 0 Å². The Hall–Kier alpha value is -1.31. The standard InChI is InChI=1S/C12H18BrN3O3/c1-16(6-9(17)7-19-2)11-5-8(13)3-4-10(11)12(14)15-18/h3-5,9,17-18H,6-7H2,1-2H3,(H2,14,15). The average Bonchev–Trinajstić information content (AvgIpc) is 2.37. The van der Waals surface area contributed by atoms with Gasteiger partial charge in [-0.1, -0.05) is 21.1 Å². The van der Waals surface area contributed by atoms with Crippen molar-refractivity contribution in [2.75, 3.05) is 32.2 Å². The number of aliphatic hydroxyl groups is 1. The molecule has 7 heteroatoms. The van der Waals surface area contributed by atoms with Crippen LogP contribution in [0.2, 0.25) is 0 Å². The van der Waals surface area contributed by atoms with E-state index in [0.29, 0.717) is 12.1 Å². The summed E-state index contributed by atoms with van der Waals surface area (Å²) < 4.78 is 5.75. The van der Waals surface area contributed by atoms with E-state index in [-0.39, 0.29) is 12.4 Å². The molecule has 0 radical (unpaired) electrons. The second kappa shape index (κ2) is 7.32. The lowest BCUT2D eigenvalue weighted by molar-refractivity contribution is 0.0695. The highest BCUT2D eigenvalue weighted by atomic mass is 79.9. The van der Waals surface area contributed by atoms with Crippen LogP contribution in [0, 0.1) is 0 Å². The minimum Gasteiger partial charge on any atom is -0.409 e. The summed E-state index contributed by atoms with van der Waals surface area (Å²) in [6.45, 7) is 0.618. The van der Waals surface area contributed by atoms with E-state index in [1.54, 1.807) is 12.1 Å². The number of hydrogen-bond donors (Lipinski definition) is 3. The summed E-state index contributed by atoms with van der Waals surface area (Å²) >= 11 is 3.38. The molecule has 106 valence electrons. The van der Waals surface area contributed by atoms with Gasteiger partial charge in [0, 0.05) is 36.4 Å². The van der Waals surface area contributed by atoms with Crippen LogP contribution in [0.25, 0.3) is 0 Å². The summed E-state index contributed by atoms with van der Waals surface area (Å²) in [5, 5.41) is 21.6. The number of methoxy groups -OCH3 is 1. The Morgan fingerprint density at radius 3 is 2.84 bits per heavy atom.